The molecule has 1 saturated carbocycles. The Bertz CT molecular complexity index is 905. The summed E-state index contributed by atoms with van der Waals surface area (Å²) in [6.07, 6.45) is 3.84. The summed E-state index contributed by atoms with van der Waals surface area (Å²) in [4.78, 5) is 20.8. The number of pyridine rings is 1. The molecule has 0 saturated heterocycles. The molecule has 2 aromatic heterocycles. The molecule has 1 N–H and O–H groups in total. The van der Waals surface area contributed by atoms with Crippen molar-refractivity contribution in [2.45, 2.75) is 25.5 Å². The number of carbonyl (C=O) groups excluding carboxylic acids is 1. The highest BCUT2D eigenvalue weighted by Crippen LogP contribution is 2.25. The van der Waals surface area contributed by atoms with Gasteiger partial charge in [0.2, 0.25) is 0 Å². The van der Waals surface area contributed by atoms with Crippen molar-refractivity contribution in [2.24, 2.45) is 0 Å². The highest BCUT2D eigenvalue weighted by molar-refractivity contribution is 7.13. The van der Waals surface area contributed by atoms with Crippen LogP contribution in [0.25, 0.3) is 10.6 Å². The van der Waals surface area contributed by atoms with Gasteiger partial charge in [0.1, 0.15) is 23.2 Å². The van der Waals surface area contributed by atoms with Crippen LogP contribution in [-0.2, 0) is 11.3 Å². The highest BCUT2D eigenvalue weighted by atomic mass is 32.1. The predicted molar refractivity (Wildman–Crippen MR) is 97.5 cm³/mol. The predicted octanol–water partition coefficient (Wildman–Crippen LogP) is 4.28. The van der Waals surface area contributed by atoms with E-state index in [2.05, 4.69) is 15.3 Å². The molecule has 0 atom stereocenters. The Balaban J connectivity index is 1.34. The van der Waals surface area contributed by atoms with Gasteiger partial charge in [0.05, 0.1) is 11.3 Å². The molecule has 0 aliphatic heterocycles. The van der Waals surface area contributed by atoms with E-state index in [4.69, 9.17) is 4.74 Å². The zero-order valence-corrected chi connectivity index (χ0v) is 14.6. The van der Waals surface area contributed by atoms with Gasteiger partial charge in [-0.15, -0.1) is 11.3 Å². The van der Waals surface area contributed by atoms with Crippen LogP contribution in [0.3, 0.4) is 0 Å². The second-order valence-electron chi connectivity index (χ2n) is 6.08. The molecule has 1 fully saturated rings. The third-order valence-electron chi connectivity index (χ3n) is 3.92. The van der Waals surface area contributed by atoms with Gasteiger partial charge in [-0.05, 0) is 49.2 Å². The van der Waals surface area contributed by atoms with E-state index >= 15 is 0 Å². The Morgan fingerprint density at radius 1 is 1.23 bits per heavy atom. The summed E-state index contributed by atoms with van der Waals surface area (Å²) in [5, 5.41) is 5.85. The molecule has 7 heteroatoms. The molecule has 4 rings (SSSR count). The van der Waals surface area contributed by atoms with Gasteiger partial charge in [0, 0.05) is 23.2 Å². The maximum Gasteiger partial charge on any atom is 0.340 e. The first-order valence-corrected chi connectivity index (χ1v) is 9.15. The van der Waals surface area contributed by atoms with Crippen molar-refractivity contribution < 1.29 is 13.9 Å². The van der Waals surface area contributed by atoms with Crippen LogP contribution in [0.5, 0.6) is 0 Å². The number of hydrogen-bond acceptors (Lipinski definition) is 6. The third-order valence-corrected chi connectivity index (χ3v) is 4.86. The molecule has 0 amide bonds. The monoisotopic (exact) mass is 369 g/mol. The Morgan fingerprint density at radius 3 is 2.73 bits per heavy atom. The maximum absolute atomic E-state index is 13.0. The molecular weight excluding hydrogens is 353 g/mol. The molecule has 3 aromatic rings. The lowest BCUT2D eigenvalue weighted by molar-refractivity contribution is 0.0468. The number of halogens is 1. The van der Waals surface area contributed by atoms with Crippen LogP contribution in [0, 0.1) is 5.82 Å². The molecule has 0 radical (unpaired) electrons. The van der Waals surface area contributed by atoms with Crippen LogP contribution in [0.15, 0.2) is 48.0 Å². The minimum Gasteiger partial charge on any atom is -0.456 e. The molecule has 5 nitrogen and oxygen atoms in total. The number of aromatic nitrogens is 2. The summed E-state index contributed by atoms with van der Waals surface area (Å²) in [7, 11) is 0. The van der Waals surface area contributed by atoms with Gasteiger partial charge in [-0.2, -0.15) is 0 Å². The number of ether oxygens (including phenoxy) is 1. The molecule has 0 unspecified atom stereocenters. The van der Waals surface area contributed by atoms with Crippen molar-refractivity contribution in [1.29, 1.82) is 0 Å². The molecular formula is C19H16FN3O2S. The largest absolute Gasteiger partial charge is 0.456 e. The summed E-state index contributed by atoms with van der Waals surface area (Å²) >= 11 is 1.42. The van der Waals surface area contributed by atoms with E-state index in [0.29, 0.717) is 17.3 Å². The first-order chi connectivity index (χ1) is 12.7. The Hall–Kier alpha value is -2.80. The number of nitrogens with one attached hydrogen (secondary N) is 1. The number of carbonyl (C=O) groups is 1. The molecule has 1 aliphatic rings. The number of benzene rings is 1. The number of hydrogen-bond donors (Lipinski definition) is 1. The van der Waals surface area contributed by atoms with Crippen molar-refractivity contribution in [1.82, 2.24) is 9.97 Å². The zero-order valence-electron chi connectivity index (χ0n) is 13.8. The maximum atomic E-state index is 13.0. The summed E-state index contributed by atoms with van der Waals surface area (Å²) in [6, 6.07) is 10.1. The molecule has 0 bridgehead atoms. The summed E-state index contributed by atoms with van der Waals surface area (Å²) in [6.45, 7) is 0.0819. The van der Waals surface area contributed by atoms with Gasteiger partial charge < -0.3 is 10.1 Å². The number of rotatable bonds is 6. The SMILES string of the molecule is O=C(OCc1csc(-c2ccc(F)cc2)n1)c1ccc(NC2CC2)nc1. The summed E-state index contributed by atoms with van der Waals surface area (Å²) in [5.74, 6) is 0.0470. The van der Waals surface area contributed by atoms with Crippen LogP contribution in [0.4, 0.5) is 10.2 Å². The fraction of sp³-hybridized carbons (Fsp3) is 0.211. The Labute approximate surface area is 153 Å². The lowest BCUT2D eigenvalue weighted by atomic mass is 10.2. The number of thiazole rings is 1. The van der Waals surface area contributed by atoms with Crippen molar-refractivity contribution in [3.05, 3.63) is 65.0 Å². The number of nitrogens with zero attached hydrogens (tertiary/aromatic N) is 2. The highest BCUT2D eigenvalue weighted by Gasteiger charge is 2.21. The fourth-order valence-electron chi connectivity index (χ4n) is 2.36. The molecule has 0 spiro atoms. The minimum absolute atomic E-state index is 0.0819. The zero-order chi connectivity index (χ0) is 17.9. The smallest absolute Gasteiger partial charge is 0.340 e. The van der Waals surface area contributed by atoms with E-state index < -0.39 is 5.97 Å². The first kappa shape index (κ1) is 16.7. The van der Waals surface area contributed by atoms with Crippen molar-refractivity contribution in [3.8, 4) is 10.6 Å². The molecule has 26 heavy (non-hydrogen) atoms. The van der Waals surface area contributed by atoms with E-state index in [-0.39, 0.29) is 12.4 Å². The van der Waals surface area contributed by atoms with Crippen molar-refractivity contribution >= 4 is 23.1 Å². The van der Waals surface area contributed by atoms with Gasteiger partial charge in [-0.25, -0.2) is 19.2 Å². The van der Waals surface area contributed by atoms with Gasteiger partial charge in [0.15, 0.2) is 0 Å². The fourth-order valence-corrected chi connectivity index (χ4v) is 3.17. The minimum atomic E-state index is -0.438. The Morgan fingerprint density at radius 2 is 2.04 bits per heavy atom. The average molecular weight is 369 g/mol. The topological polar surface area (TPSA) is 64.1 Å². The van der Waals surface area contributed by atoms with E-state index in [1.807, 2.05) is 5.38 Å². The van der Waals surface area contributed by atoms with Crippen LogP contribution in [-0.4, -0.2) is 22.0 Å². The third kappa shape index (κ3) is 4.05. The molecule has 132 valence electrons. The molecule has 1 aliphatic carbocycles. The van der Waals surface area contributed by atoms with E-state index in [1.165, 1.54) is 42.5 Å². The first-order valence-electron chi connectivity index (χ1n) is 8.27. The number of anilines is 1. The average Bonchev–Trinajstić information content (AvgIpc) is 3.35. The van der Waals surface area contributed by atoms with E-state index in [0.717, 1.165) is 16.4 Å². The van der Waals surface area contributed by atoms with Crippen molar-refractivity contribution in [2.75, 3.05) is 5.32 Å². The van der Waals surface area contributed by atoms with Crippen LogP contribution < -0.4 is 5.32 Å². The second kappa shape index (κ2) is 7.21. The number of esters is 1. The van der Waals surface area contributed by atoms with E-state index in [1.54, 1.807) is 24.3 Å². The van der Waals surface area contributed by atoms with Gasteiger partial charge >= 0.3 is 5.97 Å². The van der Waals surface area contributed by atoms with Gasteiger partial charge in [-0.1, -0.05) is 0 Å². The quantitative estimate of drug-likeness (QED) is 0.657. The summed E-state index contributed by atoms with van der Waals surface area (Å²) in [5.41, 5.74) is 1.89. The lowest BCUT2D eigenvalue weighted by Crippen LogP contribution is -2.07. The standard InChI is InChI=1S/C19H16FN3O2S/c20-14-4-1-12(2-5-14)18-23-16(11-26-18)10-25-19(24)13-3-8-17(21-9-13)22-15-6-7-15/h1-5,8-9,11,15H,6-7,10H2,(H,21,22). The lowest BCUT2D eigenvalue weighted by Gasteiger charge is -2.05. The Kier molecular flexibility index (Phi) is 4.62. The van der Waals surface area contributed by atoms with Crippen LogP contribution in [0.2, 0.25) is 0 Å². The second-order valence-corrected chi connectivity index (χ2v) is 6.94. The normalized spacial score (nSPS) is 13.4. The van der Waals surface area contributed by atoms with Gasteiger partial charge in [0.25, 0.3) is 0 Å². The van der Waals surface area contributed by atoms with Crippen molar-refractivity contribution in [3.63, 3.8) is 0 Å². The molecule has 1 aromatic carbocycles. The summed E-state index contributed by atoms with van der Waals surface area (Å²) < 4.78 is 18.3. The van der Waals surface area contributed by atoms with Crippen LogP contribution >= 0.6 is 11.3 Å². The van der Waals surface area contributed by atoms with E-state index in [9.17, 15) is 9.18 Å². The van der Waals surface area contributed by atoms with Gasteiger partial charge in [-0.3, -0.25) is 0 Å². The van der Waals surface area contributed by atoms with Crippen LogP contribution in [0.1, 0.15) is 28.9 Å². The molecule has 2 heterocycles.